The van der Waals surface area contributed by atoms with Crippen LogP contribution in [0.25, 0.3) is 5.57 Å². The second-order valence-electron chi connectivity index (χ2n) is 9.68. The fourth-order valence-corrected chi connectivity index (χ4v) is 7.08. The average Bonchev–Trinajstić information content (AvgIpc) is 3.29. The topological polar surface area (TPSA) is 48.0 Å². The molecule has 1 aromatic rings. The van der Waals surface area contributed by atoms with E-state index in [9.17, 15) is 4.79 Å². The SMILES string of the molecule is COC(=O)c1sc(I)cc1C1=C(C2CCC(C)CC2)CCN(CC2COC(C)(C)O2)C1. The Balaban J connectivity index is 1.62. The fraction of sp³-hybridized carbons (Fsp3) is 0.708. The number of carbonyl (C=O) groups excluding carboxylic acids is 1. The summed E-state index contributed by atoms with van der Waals surface area (Å²) in [7, 11) is 1.48. The van der Waals surface area contributed by atoms with Crippen molar-refractivity contribution < 1.29 is 19.0 Å². The van der Waals surface area contributed by atoms with Gasteiger partial charge in [-0.15, -0.1) is 11.3 Å². The predicted molar refractivity (Wildman–Crippen MR) is 132 cm³/mol. The van der Waals surface area contributed by atoms with Gasteiger partial charge in [0.15, 0.2) is 5.79 Å². The van der Waals surface area contributed by atoms with Crippen LogP contribution in [0.2, 0.25) is 0 Å². The van der Waals surface area contributed by atoms with Crippen molar-refractivity contribution in [3.8, 4) is 0 Å². The predicted octanol–water partition coefficient (Wildman–Crippen LogP) is 5.58. The number of rotatable bonds is 5. The quantitative estimate of drug-likeness (QED) is 0.349. The van der Waals surface area contributed by atoms with Crippen molar-refractivity contribution in [3.63, 3.8) is 0 Å². The Bertz CT molecular complexity index is 841. The second kappa shape index (κ2) is 9.79. The number of methoxy groups -OCH3 is 1. The lowest BCUT2D eigenvalue weighted by atomic mass is 9.75. The molecule has 31 heavy (non-hydrogen) atoms. The summed E-state index contributed by atoms with van der Waals surface area (Å²) >= 11 is 3.86. The Kier molecular flexibility index (Phi) is 7.48. The van der Waals surface area contributed by atoms with E-state index in [1.165, 1.54) is 49.7 Å². The van der Waals surface area contributed by atoms with Crippen LogP contribution in [0, 0.1) is 14.7 Å². The van der Waals surface area contributed by atoms with Gasteiger partial charge < -0.3 is 14.2 Å². The van der Waals surface area contributed by atoms with Gasteiger partial charge in [0.2, 0.25) is 0 Å². The van der Waals surface area contributed by atoms with Crippen LogP contribution in [-0.4, -0.2) is 56.1 Å². The van der Waals surface area contributed by atoms with E-state index in [-0.39, 0.29) is 12.1 Å². The Morgan fingerprint density at radius 2 is 2.06 bits per heavy atom. The molecule has 1 aromatic heterocycles. The van der Waals surface area contributed by atoms with Crippen molar-refractivity contribution in [3.05, 3.63) is 25.0 Å². The maximum Gasteiger partial charge on any atom is 0.348 e. The third kappa shape index (κ3) is 5.54. The smallest absolute Gasteiger partial charge is 0.348 e. The van der Waals surface area contributed by atoms with E-state index in [1.807, 2.05) is 13.8 Å². The molecule has 2 fully saturated rings. The first-order chi connectivity index (χ1) is 14.8. The van der Waals surface area contributed by atoms with Gasteiger partial charge in [0.1, 0.15) is 4.88 Å². The largest absolute Gasteiger partial charge is 0.465 e. The van der Waals surface area contributed by atoms with Crippen LogP contribution in [0.1, 0.15) is 68.1 Å². The van der Waals surface area contributed by atoms with E-state index in [1.54, 1.807) is 5.57 Å². The van der Waals surface area contributed by atoms with Crippen molar-refractivity contribution in [2.45, 2.75) is 64.8 Å². The third-order valence-electron chi connectivity index (χ3n) is 6.90. The molecule has 0 N–H and O–H groups in total. The first-order valence-corrected chi connectivity index (χ1v) is 13.3. The molecule has 1 saturated heterocycles. The number of hydrogen-bond donors (Lipinski definition) is 0. The molecule has 1 unspecified atom stereocenters. The summed E-state index contributed by atoms with van der Waals surface area (Å²) in [4.78, 5) is 15.8. The van der Waals surface area contributed by atoms with E-state index in [2.05, 4.69) is 40.5 Å². The zero-order valence-electron chi connectivity index (χ0n) is 19.0. The summed E-state index contributed by atoms with van der Waals surface area (Å²) in [5.74, 6) is 0.751. The average molecular weight is 560 g/mol. The zero-order valence-corrected chi connectivity index (χ0v) is 22.0. The summed E-state index contributed by atoms with van der Waals surface area (Å²) in [5.41, 5.74) is 4.01. The molecule has 0 spiro atoms. The maximum atomic E-state index is 12.6. The molecule has 3 aliphatic rings. The lowest BCUT2D eigenvalue weighted by molar-refractivity contribution is -0.140. The Morgan fingerprint density at radius 1 is 1.32 bits per heavy atom. The molecular formula is C24H34INO4S. The number of carbonyl (C=O) groups is 1. The van der Waals surface area contributed by atoms with Gasteiger partial charge >= 0.3 is 5.97 Å². The van der Waals surface area contributed by atoms with Crippen molar-refractivity contribution in [1.29, 1.82) is 0 Å². The van der Waals surface area contributed by atoms with Gasteiger partial charge in [-0.05, 0) is 79.2 Å². The van der Waals surface area contributed by atoms with E-state index in [0.717, 1.165) is 45.3 Å². The Labute approximate surface area is 203 Å². The molecule has 0 amide bonds. The highest BCUT2D eigenvalue weighted by molar-refractivity contribution is 14.1. The highest BCUT2D eigenvalue weighted by atomic mass is 127. The van der Waals surface area contributed by atoms with E-state index in [4.69, 9.17) is 14.2 Å². The fourth-order valence-electron chi connectivity index (χ4n) is 5.28. The van der Waals surface area contributed by atoms with Gasteiger partial charge in [-0.1, -0.05) is 25.3 Å². The first-order valence-electron chi connectivity index (χ1n) is 11.4. The molecule has 7 heteroatoms. The van der Waals surface area contributed by atoms with Crippen LogP contribution in [0.4, 0.5) is 0 Å². The van der Waals surface area contributed by atoms with E-state index < -0.39 is 5.79 Å². The Morgan fingerprint density at radius 3 is 2.71 bits per heavy atom. The van der Waals surface area contributed by atoms with Crippen LogP contribution in [0.15, 0.2) is 11.6 Å². The summed E-state index contributed by atoms with van der Waals surface area (Å²) in [6.07, 6.45) is 6.30. The molecule has 4 rings (SSSR count). The summed E-state index contributed by atoms with van der Waals surface area (Å²) in [5, 5.41) is 0. The van der Waals surface area contributed by atoms with Crippen LogP contribution in [-0.2, 0) is 14.2 Å². The van der Waals surface area contributed by atoms with Gasteiger partial charge in [-0.25, -0.2) is 4.79 Å². The third-order valence-corrected chi connectivity index (χ3v) is 8.78. The molecule has 0 bridgehead atoms. The van der Waals surface area contributed by atoms with Crippen LogP contribution in [0.3, 0.4) is 0 Å². The lowest BCUT2D eigenvalue weighted by Crippen LogP contribution is -2.39. The molecule has 2 aliphatic heterocycles. The standard InChI is InChI=1S/C24H34INO4S/c1-15-5-7-16(8-6-15)18-9-10-26(12-17-14-29-24(2,3)30-17)13-20(18)19-11-21(25)31-22(19)23(27)28-4/h11,15-17H,5-10,12-14H2,1-4H3. The van der Waals surface area contributed by atoms with Gasteiger partial charge in [0, 0.05) is 25.2 Å². The highest BCUT2D eigenvalue weighted by Gasteiger charge is 2.36. The molecule has 1 saturated carbocycles. The maximum absolute atomic E-state index is 12.6. The van der Waals surface area contributed by atoms with E-state index >= 15 is 0 Å². The minimum atomic E-state index is -0.495. The summed E-state index contributed by atoms with van der Waals surface area (Å²) in [6.45, 7) is 9.73. The van der Waals surface area contributed by atoms with Crippen molar-refractivity contribution >= 4 is 45.5 Å². The van der Waals surface area contributed by atoms with Crippen molar-refractivity contribution in [2.75, 3.05) is 33.4 Å². The number of halogens is 1. The molecule has 5 nitrogen and oxygen atoms in total. The minimum absolute atomic E-state index is 0.0935. The van der Waals surface area contributed by atoms with Gasteiger partial charge in [-0.3, -0.25) is 4.90 Å². The molecule has 1 atom stereocenters. The number of esters is 1. The molecule has 0 radical (unpaired) electrons. The number of hydrogen-bond acceptors (Lipinski definition) is 6. The summed E-state index contributed by atoms with van der Waals surface area (Å²) in [6, 6.07) is 2.18. The normalized spacial score (nSPS) is 29.4. The molecular weight excluding hydrogens is 525 g/mol. The molecule has 3 heterocycles. The molecule has 172 valence electrons. The lowest BCUT2D eigenvalue weighted by Gasteiger charge is -2.37. The van der Waals surface area contributed by atoms with Gasteiger partial charge in [0.25, 0.3) is 0 Å². The second-order valence-corrected chi connectivity index (χ2v) is 12.6. The molecule has 1 aliphatic carbocycles. The van der Waals surface area contributed by atoms with E-state index in [0.29, 0.717) is 12.5 Å². The van der Waals surface area contributed by atoms with Crippen LogP contribution < -0.4 is 0 Å². The number of ether oxygens (including phenoxy) is 3. The minimum Gasteiger partial charge on any atom is -0.465 e. The zero-order chi connectivity index (χ0) is 22.2. The van der Waals surface area contributed by atoms with Gasteiger partial charge in [0.05, 0.1) is 22.7 Å². The first kappa shape index (κ1) is 23.7. The highest BCUT2D eigenvalue weighted by Crippen LogP contribution is 2.42. The van der Waals surface area contributed by atoms with Crippen LogP contribution in [0.5, 0.6) is 0 Å². The number of nitrogens with zero attached hydrogens (tertiary/aromatic N) is 1. The van der Waals surface area contributed by atoms with Crippen molar-refractivity contribution in [2.24, 2.45) is 11.8 Å². The monoisotopic (exact) mass is 559 g/mol. The number of thiophene rings is 1. The Hall–Kier alpha value is -0.480. The van der Waals surface area contributed by atoms with Crippen LogP contribution >= 0.6 is 33.9 Å². The van der Waals surface area contributed by atoms with Crippen molar-refractivity contribution in [1.82, 2.24) is 4.90 Å². The summed E-state index contributed by atoms with van der Waals surface area (Å²) < 4.78 is 18.1. The molecule has 0 aromatic carbocycles. The van der Waals surface area contributed by atoms with Gasteiger partial charge in [-0.2, -0.15) is 0 Å².